The van der Waals surface area contributed by atoms with Crippen LogP contribution >= 0.6 is 12.4 Å². The topological polar surface area (TPSA) is 64.4 Å². The highest BCUT2D eigenvalue weighted by Crippen LogP contribution is 2.30. The Hall–Kier alpha value is -1.26. The van der Waals surface area contributed by atoms with Crippen molar-refractivity contribution in [3.63, 3.8) is 0 Å². The SMILES string of the molecule is Cl.N[C@@H]1CCC[C@H]1CC(=O)NCc1ccccc1OCC1CC1. The highest BCUT2D eigenvalue weighted by molar-refractivity contribution is 5.85. The van der Waals surface area contributed by atoms with Gasteiger partial charge in [0.1, 0.15) is 5.75 Å². The molecule has 4 nitrogen and oxygen atoms in total. The lowest BCUT2D eigenvalue weighted by Crippen LogP contribution is -2.31. The van der Waals surface area contributed by atoms with E-state index >= 15 is 0 Å². The molecule has 0 aromatic heterocycles. The van der Waals surface area contributed by atoms with E-state index in [0.717, 1.165) is 43.1 Å². The number of nitrogens with one attached hydrogen (secondary N) is 1. The third-order valence-corrected chi connectivity index (χ3v) is 4.79. The summed E-state index contributed by atoms with van der Waals surface area (Å²) in [4.78, 5) is 12.1. The molecule has 0 heterocycles. The molecule has 0 spiro atoms. The van der Waals surface area contributed by atoms with Crippen LogP contribution in [-0.2, 0) is 11.3 Å². The summed E-state index contributed by atoms with van der Waals surface area (Å²) in [5.41, 5.74) is 7.08. The van der Waals surface area contributed by atoms with Crippen molar-refractivity contribution in [2.75, 3.05) is 6.61 Å². The van der Waals surface area contributed by atoms with Crippen LogP contribution in [-0.4, -0.2) is 18.6 Å². The maximum Gasteiger partial charge on any atom is 0.220 e. The first-order valence-electron chi connectivity index (χ1n) is 8.45. The van der Waals surface area contributed by atoms with E-state index in [1.807, 2.05) is 24.3 Å². The van der Waals surface area contributed by atoms with Gasteiger partial charge in [-0.2, -0.15) is 0 Å². The van der Waals surface area contributed by atoms with Crippen molar-refractivity contribution in [1.82, 2.24) is 5.32 Å². The molecule has 3 rings (SSSR count). The van der Waals surface area contributed by atoms with Gasteiger partial charge in [0.2, 0.25) is 5.91 Å². The van der Waals surface area contributed by atoms with Gasteiger partial charge in [0, 0.05) is 24.6 Å². The Morgan fingerprint density at radius 1 is 1.22 bits per heavy atom. The smallest absolute Gasteiger partial charge is 0.220 e. The summed E-state index contributed by atoms with van der Waals surface area (Å²) in [6, 6.07) is 8.16. The van der Waals surface area contributed by atoms with Crippen molar-refractivity contribution in [3.05, 3.63) is 29.8 Å². The molecule has 5 heteroatoms. The highest BCUT2D eigenvalue weighted by atomic mass is 35.5. The van der Waals surface area contributed by atoms with Crippen molar-refractivity contribution < 1.29 is 9.53 Å². The number of benzene rings is 1. The molecular formula is C18H27ClN2O2. The predicted octanol–water partition coefficient (Wildman–Crippen LogP) is 3.03. The molecule has 3 N–H and O–H groups in total. The standard InChI is InChI=1S/C18H26N2O2.ClH/c19-16-6-3-5-14(16)10-18(21)20-11-15-4-1-2-7-17(15)22-12-13-8-9-13;/h1-2,4,7,13-14,16H,3,5-6,8-12,19H2,(H,20,21);1H/t14-,16+;/m0./s1. The lowest BCUT2D eigenvalue weighted by molar-refractivity contribution is -0.122. The number of amides is 1. The summed E-state index contributed by atoms with van der Waals surface area (Å²) in [6.07, 6.45) is 6.38. The number of rotatable bonds is 7. The second kappa shape index (κ2) is 8.55. The van der Waals surface area contributed by atoms with Gasteiger partial charge in [-0.1, -0.05) is 24.6 Å². The molecule has 2 aliphatic rings. The van der Waals surface area contributed by atoms with Crippen molar-refractivity contribution in [2.45, 2.75) is 51.1 Å². The van der Waals surface area contributed by atoms with E-state index in [1.165, 1.54) is 12.8 Å². The van der Waals surface area contributed by atoms with Crippen LogP contribution in [0.4, 0.5) is 0 Å². The molecule has 0 bridgehead atoms. The minimum atomic E-state index is 0. The third kappa shape index (κ3) is 5.40. The number of nitrogens with two attached hydrogens (primary N) is 1. The second-order valence-electron chi connectivity index (χ2n) is 6.70. The van der Waals surface area contributed by atoms with Gasteiger partial charge in [-0.3, -0.25) is 4.79 Å². The van der Waals surface area contributed by atoms with Crippen molar-refractivity contribution in [2.24, 2.45) is 17.6 Å². The van der Waals surface area contributed by atoms with E-state index in [2.05, 4.69) is 5.32 Å². The number of carbonyl (C=O) groups excluding carboxylic acids is 1. The molecule has 0 unspecified atom stereocenters. The lowest BCUT2D eigenvalue weighted by atomic mass is 10.00. The van der Waals surface area contributed by atoms with E-state index in [1.54, 1.807) is 0 Å². The number of carbonyl (C=O) groups is 1. The molecule has 1 aromatic carbocycles. The number of halogens is 1. The summed E-state index contributed by atoms with van der Waals surface area (Å²) in [5, 5.41) is 3.02. The molecule has 0 saturated heterocycles. The fourth-order valence-electron chi connectivity index (χ4n) is 3.11. The number of hydrogen-bond acceptors (Lipinski definition) is 3. The Labute approximate surface area is 144 Å². The first-order valence-corrected chi connectivity index (χ1v) is 8.45. The molecule has 23 heavy (non-hydrogen) atoms. The molecule has 0 aliphatic heterocycles. The van der Waals surface area contributed by atoms with E-state index < -0.39 is 0 Å². The van der Waals surface area contributed by atoms with E-state index in [9.17, 15) is 4.79 Å². The zero-order chi connectivity index (χ0) is 15.4. The summed E-state index contributed by atoms with van der Waals surface area (Å²) in [7, 11) is 0. The molecule has 1 aromatic rings. The van der Waals surface area contributed by atoms with Crippen LogP contribution in [0.15, 0.2) is 24.3 Å². The Morgan fingerprint density at radius 3 is 2.70 bits per heavy atom. The quantitative estimate of drug-likeness (QED) is 0.803. The van der Waals surface area contributed by atoms with Gasteiger partial charge in [-0.25, -0.2) is 0 Å². The molecule has 1 amide bonds. The molecule has 128 valence electrons. The van der Waals surface area contributed by atoms with Crippen LogP contribution in [0.1, 0.15) is 44.1 Å². The van der Waals surface area contributed by atoms with Gasteiger partial charge in [-0.15, -0.1) is 12.4 Å². The zero-order valence-electron chi connectivity index (χ0n) is 13.5. The zero-order valence-corrected chi connectivity index (χ0v) is 14.3. The van der Waals surface area contributed by atoms with Crippen LogP contribution in [0.3, 0.4) is 0 Å². The predicted molar refractivity (Wildman–Crippen MR) is 93.7 cm³/mol. The van der Waals surface area contributed by atoms with Gasteiger partial charge in [0.25, 0.3) is 0 Å². The highest BCUT2D eigenvalue weighted by Gasteiger charge is 2.26. The molecule has 0 radical (unpaired) electrons. The van der Waals surface area contributed by atoms with Crippen LogP contribution in [0.5, 0.6) is 5.75 Å². The molecule has 2 atom stereocenters. The first kappa shape index (κ1) is 18.1. The van der Waals surface area contributed by atoms with Gasteiger partial charge in [0.05, 0.1) is 6.61 Å². The maximum absolute atomic E-state index is 12.1. The van der Waals surface area contributed by atoms with Crippen LogP contribution < -0.4 is 15.8 Å². The van der Waals surface area contributed by atoms with E-state index in [0.29, 0.717) is 18.9 Å². The fraction of sp³-hybridized carbons (Fsp3) is 0.611. The van der Waals surface area contributed by atoms with Gasteiger partial charge in [-0.05, 0) is 43.6 Å². The Bertz CT molecular complexity index is 519. The Balaban J connectivity index is 0.00000192. The summed E-state index contributed by atoms with van der Waals surface area (Å²) in [5.74, 6) is 2.07. The second-order valence-corrected chi connectivity index (χ2v) is 6.70. The molecular weight excluding hydrogens is 312 g/mol. The fourth-order valence-corrected chi connectivity index (χ4v) is 3.11. The average Bonchev–Trinajstić information content (AvgIpc) is 3.27. The molecule has 2 fully saturated rings. The number of para-hydroxylation sites is 1. The van der Waals surface area contributed by atoms with Gasteiger partial charge < -0.3 is 15.8 Å². The maximum atomic E-state index is 12.1. The monoisotopic (exact) mass is 338 g/mol. The van der Waals surface area contributed by atoms with E-state index in [-0.39, 0.29) is 24.4 Å². The van der Waals surface area contributed by atoms with Crippen LogP contribution in [0.2, 0.25) is 0 Å². The molecule has 2 aliphatic carbocycles. The number of ether oxygens (including phenoxy) is 1. The van der Waals surface area contributed by atoms with Crippen molar-refractivity contribution in [3.8, 4) is 5.75 Å². The third-order valence-electron chi connectivity index (χ3n) is 4.79. The van der Waals surface area contributed by atoms with Crippen molar-refractivity contribution >= 4 is 18.3 Å². The minimum absolute atomic E-state index is 0. The van der Waals surface area contributed by atoms with Gasteiger partial charge >= 0.3 is 0 Å². The van der Waals surface area contributed by atoms with E-state index in [4.69, 9.17) is 10.5 Å². The minimum Gasteiger partial charge on any atom is -0.493 e. The summed E-state index contributed by atoms with van der Waals surface area (Å²) >= 11 is 0. The van der Waals surface area contributed by atoms with Crippen LogP contribution in [0.25, 0.3) is 0 Å². The summed E-state index contributed by atoms with van der Waals surface area (Å²) < 4.78 is 5.87. The van der Waals surface area contributed by atoms with Crippen molar-refractivity contribution in [1.29, 1.82) is 0 Å². The Morgan fingerprint density at radius 2 is 2.00 bits per heavy atom. The largest absolute Gasteiger partial charge is 0.493 e. The normalized spacial score (nSPS) is 23.2. The average molecular weight is 339 g/mol. The Kier molecular flexibility index (Phi) is 6.72. The first-order chi connectivity index (χ1) is 10.7. The van der Waals surface area contributed by atoms with Gasteiger partial charge in [0.15, 0.2) is 0 Å². The molecule has 2 saturated carbocycles. The summed E-state index contributed by atoms with van der Waals surface area (Å²) in [6.45, 7) is 1.32. The lowest BCUT2D eigenvalue weighted by Gasteiger charge is -2.16. The number of hydrogen-bond donors (Lipinski definition) is 2. The van der Waals surface area contributed by atoms with Crippen LogP contribution in [0, 0.1) is 11.8 Å².